The van der Waals surface area contributed by atoms with Crippen LogP contribution in [0.2, 0.25) is 0 Å². The molecule has 160 valence electrons. The van der Waals surface area contributed by atoms with Crippen molar-refractivity contribution in [3.05, 3.63) is 89.4 Å². The minimum atomic E-state index is -4.15. The number of halogens is 2. The summed E-state index contributed by atoms with van der Waals surface area (Å²) in [5, 5.41) is 8.14. The number of aromatic nitrogens is 3. The average molecular weight is 442 g/mol. The highest BCUT2D eigenvalue weighted by molar-refractivity contribution is 7.93. The fourth-order valence-corrected chi connectivity index (χ4v) is 4.97. The lowest BCUT2D eigenvalue weighted by atomic mass is 10.2. The van der Waals surface area contributed by atoms with Crippen LogP contribution in [0.1, 0.15) is 23.9 Å². The van der Waals surface area contributed by atoms with Crippen LogP contribution in [0, 0.1) is 18.6 Å². The highest BCUT2D eigenvalue weighted by atomic mass is 32.2. The van der Waals surface area contributed by atoms with Crippen LogP contribution in [0.5, 0.6) is 0 Å². The maximum absolute atomic E-state index is 13.8. The monoisotopic (exact) mass is 442 g/mol. The molecule has 4 rings (SSSR count). The molecule has 31 heavy (non-hydrogen) atoms. The minimum absolute atomic E-state index is 0.0420. The van der Waals surface area contributed by atoms with Gasteiger partial charge in [-0.2, -0.15) is 0 Å². The van der Waals surface area contributed by atoms with E-state index < -0.39 is 21.7 Å². The Hall–Kier alpha value is -3.33. The Bertz CT molecular complexity index is 1330. The van der Waals surface area contributed by atoms with Crippen LogP contribution >= 0.6 is 0 Å². The maximum Gasteiger partial charge on any atom is 0.268 e. The topological polar surface area (TPSA) is 67.6 Å². The Labute approximate surface area is 178 Å². The molecule has 2 heterocycles. The quantitative estimate of drug-likeness (QED) is 0.447. The maximum atomic E-state index is 13.8. The molecule has 0 radical (unpaired) electrons. The molecule has 0 saturated heterocycles. The van der Waals surface area contributed by atoms with Gasteiger partial charge in [-0.05, 0) is 48.9 Å². The summed E-state index contributed by atoms with van der Waals surface area (Å²) in [6.07, 6.45) is 2.28. The largest absolute Gasteiger partial charge is 0.285 e. The summed E-state index contributed by atoms with van der Waals surface area (Å²) in [5.41, 5.74) is 1.70. The third kappa shape index (κ3) is 4.00. The fraction of sp³-hybridized carbons (Fsp3) is 0.182. The van der Waals surface area contributed by atoms with E-state index in [1.165, 1.54) is 6.07 Å². The molecule has 0 N–H and O–H groups in total. The molecule has 6 nitrogen and oxygen atoms in total. The first-order chi connectivity index (χ1) is 14.8. The molecule has 4 aromatic rings. The summed E-state index contributed by atoms with van der Waals surface area (Å²) in [7, 11) is -4.15. The van der Waals surface area contributed by atoms with Gasteiger partial charge in [-0.25, -0.2) is 17.2 Å². The number of anilines is 1. The van der Waals surface area contributed by atoms with E-state index in [0.29, 0.717) is 17.9 Å². The number of hydrogen-bond acceptors (Lipinski definition) is 4. The SMILES string of the molecule is CCc1nnc2c(S(=O)(=O)N(Cc3cc(F)cc(F)c3)c3ccc(C)cc3)cccn12. The number of rotatable bonds is 6. The van der Waals surface area contributed by atoms with Gasteiger partial charge in [0.2, 0.25) is 0 Å². The molecular weight excluding hydrogens is 422 g/mol. The van der Waals surface area contributed by atoms with Gasteiger partial charge in [-0.15, -0.1) is 10.2 Å². The molecule has 0 saturated carbocycles. The first-order valence-corrected chi connectivity index (χ1v) is 11.1. The van der Waals surface area contributed by atoms with Gasteiger partial charge in [0.15, 0.2) is 5.65 Å². The Kier molecular flexibility index (Phi) is 5.45. The molecule has 0 aliphatic carbocycles. The van der Waals surface area contributed by atoms with Crippen molar-refractivity contribution in [1.29, 1.82) is 0 Å². The smallest absolute Gasteiger partial charge is 0.268 e. The Morgan fingerprint density at radius 2 is 1.68 bits per heavy atom. The van der Waals surface area contributed by atoms with Gasteiger partial charge in [0.1, 0.15) is 22.4 Å². The number of hydrogen-bond donors (Lipinski definition) is 0. The number of pyridine rings is 1. The molecule has 0 spiro atoms. The Morgan fingerprint density at radius 3 is 2.32 bits per heavy atom. The van der Waals surface area contributed by atoms with Crippen molar-refractivity contribution in [2.75, 3.05) is 4.31 Å². The van der Waals surface area contributed by atoms with E-state index in [4.69, 9.17) is 0 Å². The zero-order chi connectivity index (χ0) is 22.2. The van der Waals surface area contributed by atoms with Gasteiger partial charge in [0, 0.05) is 18.7 Å². The van der Waals surface area contributed by atoms with Gasteiger partial charge in [0.25, 0.3) is 10.0 Å². The Balaban J connectivity index is 1.88. The van der Waals surface area contributed by atoms with E-state index in [1.54, 1.807) is 40.9 Å². The van der Waals surface area contributed by atoms with Gasteiger partial charge in [-0.1, -0.05) is 24.6 Å². The standard InChI is InChI=1S/C22H20F2N4O2S/c1-3-21-25-26-22-20(5-4-10-27(21)22)31(29,30)28(19-8-6-15(2)7-9-19)14-16-11-17(23)13-18(24)12-16/h4-13H,3,14H2,1-2H3. The number of benzene rings is 2. The number of fused-ring (bicyclic) bond motifs is 1. The van der Waals surface area contributed by atoms with Crippen LogP contribution in [0.15, 0.2) is 65.7 Å². The number of sulfonamides is 1. The summed E-state index contributed by atoms with van der Waals surface area (Å²) in [5.74, 6) is -0.923. The lowest BCUT2D eigenvalue weighted by Crippen LogP contribution is -2.31. The fourth-order valence-electron chi connectivity index (χ4n) is 3.39. The van der Waals surface area contributed by atoms with Gasteiger partial charge in [0.05, 0.1) is 12.2 Å². The van der Waals surface area contributed by atoms with Crippen molar-refractivity contribution in [3.8, 4) is 0 Å². The van der Waals surface area contributed by atoms with Crippen LogP contribution in [0.3, 0.4) is 0 Å². The van der Waals surface area contributed by atoms with E-state index in [-0.39, 0.29) is 22.7 Å². The van der Waals surface area contributed by atoms with E-state index in [0.717, 1.165) is 28.1 Å². The lowest BCUT2D eigenvalue weighted by molar-refractivity contribution is 0.576. The van der Waals surface area contributed by atoms with E-state index >= 15 is 0 Å². The van der Waals surface area contributed by atoms with Crippen LogP contribution < -0.4 is 4.31 Å². The highest BCUT2D eigenvalue weighted by Gasteiger charge is 2.29. The van der Waals surface area contributed by atoms with Crippen LogP contribution in [-0.4, -0.2) is 23.0 Å². The summed E-state index contributed by atoms with van der Waals surface area (Å²) < 4.78 is 57.8. The second-order valence-corrected chi connectivity index (χ2v) is 8.99. The van der Waals surface area contributed by atoms with Crippen molar-refractivity contribution < 1.29 is 17.2 Å². The zero-order valence-corrected chi connectivity index (χ0v) is 17.8. The predicted molar refractivity (Wildman–Crippen MR) is 113 cm³/mol. The lowest BCUT2D eigenvalue weighted by Gasteiger charge is -2.25. The highest BCUT2D eigenvalue weighted by Crippen LogP contribution is 2.28. The van der Waals surface area contributed by atoms with Gasteiger partial charge >= 0.3 is 0 Å². The molecule has 0 bridgehead atoms. The Morgan fingerprint density at radius 1 is 1.00 bits per heavy atom. The second-order valence-electron chi connectivity index (χ2n) is 7.16. The zero-order valence-electron chi connectivity index (χ0n) is 17.0. The third-order valence-electron chi connectivity index (χ3n) is 4.92. The first-order valence-electron chi connectivity index (χ1n) is 9.66. The number of nitrogens with zero attached hydrogens (tertiary/aromatic N) is 4. The first kappa shape index (κ1) is 20.9. The normalized spacial score (nSPS) is 11.7. The molecule has 0 unspecified atom stereocenters. The molecule has 2 aromatic heterocycles. The van der Waals surface area contributed by atoms with Gasteiger partial charge < -0.3 is 0 Å². The van der Waals surface area contributed by atoms with Crippen molar-refractivity contribution in [2.24, 2.45) is 0 Å². The second kappa shape index (κ2) is 8.07. The van der Waals surface area contributed by atoms with E-state index in [2.05, 4.69) is 10.2 Å². The number of aryl methyl sites for hydroxylation is 2. The molecule has 0 aliphatic heterocycles. The van der Waals surface area contributed by atoms with Crippen LogP contribution in [-0.2, 0) is 23.0 Å². The molecule has 0 aliphatic rings. The van der Waals surface area contributed by atoms with Crippen LogP contribution in [0.25, 0.3) is 5.65 Å². The van der Waals surface area contributed by atoms with E-state index in [1.807, 2.05) is 13.8 Å². The molecule has 9 heteroatoms. The molecule has 0 fully saturated rings. The molecular formula is C22H20F2N4O2S. The van der Waals surface area contributed by atoms with Gasteiger partial charge in [-0.3, -0.25) is 8.71 Å². The average Bonchev–Trinajstić information content (AvgIpc) is 3.15. The summed E-state index contributed by atoms with van der Waals surface area (Å²) in [6.45, 7) is 3.53. The predicted octanol–water partition coefficient (Wildman–Crippen LogP) is 4.27. The summed E-state index contributed by atoms with van der Waals surface area (Å²) in [6, 6.07) is 12.9. The van der Waals surface area contributed by atoms with Crippen LogP contribution in [0.4, 0.5) is 14.5 Å². The van der Waals surface area contributed by atoms with Crippen molar-refractivity contribution in [3.63, 3.8) is 0 Å². The molecule has 0 atom stereocenters. The molecule has 2 aromatic carbocycles. The van der Waals surface area contributed by atoms with Crippen molar-refractivity contribution in [1.82, 2.24) is 14.6 Å². The van der Waals surface area contributed by atoms with E-state index in [9.17, 15) is 17.2 Å². The van der Waals surface area contributed by atoms with Crippen molar-refractivity contribution >= 4 is 21.4 Å². The molecule has 0 amide bonds. The summed E-state index contributed by atoms with van der Waals surface area (Å²) >= 11 is 0. The minimum Gasteiger partial charge on any atom is -0.285 e. The summed E-state index contributed by atoms with van der Waals surface area (Å²) in [4.78, 5) is -0.0420. The third-order valence-corrected chi connectivity index (χ3v) is 6.72. The van der Waals surface area contributed by atoms with Crippen molar-refractivity contribution in [2.45, 2.75) is 31.7 Å².